The van der Waals surface area contributed by atoms with E-state index in [-0.39, 0.29) is 29.5 Å². The summed E-state index contributed by atoms with van der Waals surface area (Å²) in [6, 6.07) is 7.63. The summed E-state index contributed by atoms with van der Waals surface area (Å²) in [4.78, 5) is 12.4. The van der Waals surface area contributed by atoms with E-state index in [2.05, 4.69) is 0 Å². The maximum absolute atomic E-state index is 12.4. The molecule has 0 saturated carbocycles. The molecule has 23 heavy (non-hydrogen) atoms. The van der Waals surface area contributed by atoms with Gasteiger partial charge in [0.1, 0.15) is 11.9 Å². The molecule has 120 valence electrons. The van der Waals surface area contributed by atoms with Crippen molar-refractivity contribution in [2.75, 3.05) is 14.2 Å². The van der Waals surface area contributed by atoms with Gasteiger partial charge in [-0.2, -0.15) is 0 Å². The van der Waals surface area contributed by atoms with Gasteiger partial charge in [0.05, 0.1) is 26.2 Å². The second kappa shape index (κ2) is 5.72. The van der Waals surface area contributed by atoms with Gasteiger partial charge < -0.3 is 24.4 Å². The van der Waals surface area contributed by atoms with Gasteiger partial charge in [0, 0.05) is 6.07 Å². The molecule has 0 aromatic heterocycles. The van der Waals surface area contributed by atoms with Crippen LogP contribution in [0.4, 0.5) is 0 Å². The summed E-state index contributed by atoms with van der Waals surface area (Å²) in [7, 11) is 2.87. The Hall–Kier alpha value is -2.89. The topological polar surface area (TPSA) is 85.2 Å². The fourth-order valence-electron chi connectivity index (χ4n) is 2.58. The van der Waals surface area contributed by atoms with Crippen LogP contribution in [-0.4, -0.2) is 30.2 Å². The van der Waals surface area contributed by atoms with Gasteiger partial charge in [-0.1, -0.05) is 6.07 Å². The molecular weight excluding hydrogens is 300 g/mol. The minimum Gasteiger partial charge on any atom is -0.504 e. The first-order chi connectivity index (χ1) is 11.0. The molecule has 0 amide bonds. The number of carbonyl (C=O) groups excluding carboxylic acids is 1. The van der Waals surface area contributed by atoms with Crippen molar-refractivity contribution < 1.29 is 29.2 Å². The van der Waals surface area contributed by atoms with Gasteiger partial charge in [0.25, 0.3) is 0 Å². The van der Waals surface area contributed by atoms with Crippen LogP contribution in [0.5, 0.6) is 28.7 Å². The molecule has 1 heterocycles. The fraction of sp³-hybridized carbons (Fsp3) is 0.235. The largest absolute Gasteiger partial charge is 0.504 e. The molecule has 0 bridgehead atoms. The van der Waals surface area contributed by atoms with Gasteiger partial charge in [0.2, 0.25) is 0 Å². The van der Waals surface area contributed by atoms with E-state index in [1.54, 1.807) is 12.1 Å². The van der Waals surface area contributed by atoms with Crippen molar-refractivity contribution in [3.8, 4) is 28.7 Å². The molecule has 0 unspecified atom stereocenters. The standard InChI is InChI=1S/C17H16O6/c1-21-16-5-9(3-4-11(16)18)14-7-12(19)10-6-17(22-2)13(20)8-15(10)23-14/h3-6,8,14,18,20H,7H2,1-2H3/t14-/m0/s1. The van der Waals surface area contributed by atoms with E-state index in [0.717, 1.165) is 0 Å². The number of fused-ring (bicyclic) bond motifs is 1. The fourth-order valence-corrected chi connectivity index (χ4v) is 2.58. The molecule has 2 aromatic carbocycles. The quantitative estimate of drug-likeness (QED) is 0.905. The summed E-state index contributed by atoms with van der Waals surface area (Å²) < 4.78 is 15.9. The highest BCUT2D eigenvalue weighted by molar-refractivity contribution is 6.00. The van der Waals surface area contributed by atoms with Crippen molar-refractivity contribution >= 4 is 5.78 Å². The van der Waals surface area contributed by atoms with Crippen LogP contribution in [-0.2, 0) is 0 Å². The van der Waals surface area contributed by atoms with Crippen LogP contribution in [0.25, 0.3) is 0 Å². The van der Waals surface area contributed by atoms with Crippen LogP contribution in [0, 0.1) is 0 Å². The van der Waals surface area contributed by atoms with E-state index in [1.165, 1.54) is 32.4 Å². The number of phenols is 2. The molecule has 3 rings (SSSR count). The maximum Gasteiger partial charge on any atom is 0.170 e. The van der Waals surface area contributed by atoms with Gasteiger partial charge in [0.15, 0.2) is 28.8 Å². The highest BCUT2D eigenvalue weighted by atomic mass is 16.5. The van der Waals surface area contributed by atoms with E-state index < -0.39 is 6.10 Å². The molecule has 0 aliphatic carbocycles. The Labute approximate surface area is 132 Å². The molecule has 0 spiro atoms. The molecule has 0 fully saturated rings. The Morgan fingerprint density at radius 1 is 1.04 bits per heavy atom. The monoisotopic (exact) mass is 316 g/mol. The number of phenolic OH excluding ortho intramolecular Hbond substituents is 2. The van der Waals surface area contributed by atoms with E-state index in [4.69, 9.17) is 14.2 Å². The van der Waals surface area contributed by atoms with Gasteiger partial charge in [-0.25, -0.2) is 0 Å². The third-order valence-electron chi connectivity index (χ3n) is 3.80. The normalized spacial score (nSPS) is 16.4. The van der Waals surface area contributed by atoms with Crippen molar-refractivity contribution in [3.63, 3.8) is 0 Å². The van der Waals surface area contributed by atoms with Gasteiger partial charge in [-0.3, -0.25) is 4.79 Å². The van der Waals surface area contributed by atoms with Crippen LogP contribution in [0.1, 0.15) is 28.4 Å². The third-order valence-corrected chi connectivity index (χ3v) is 3.80. The van der Waals surface area contributed by atoms with Gasteiger partial charge >= 0.3 is 0 Å². The number of carbonyl (C=O) groups is 1. The molecule has 1 aliphatic rings. The number of hydrogen-bond donors (Lipinski definition) is 2. The van der Waals surface area contributed by atoms with E-state index in [1.807, 2.05) is 0 Å². The summed E-state index contributed by atoms with van der Waals surface area (Å²) >= 11 is 0. The second-order valence-corrected chi connectivity index (χ2v) is 5.19. The second-order valence-electron chi connectivity index (χ2n) is 5.19. The lowest BCUT2D eigenvalue weighted by Gasteiger charge is -2.26. The zero-order chi connectivity index (χ0) is 16.6. The molecule has 1 atom stereocenters. The van der Waals surface area contributed by atoms with Crippen molar-refractivity contribution in [2.24, 2.45) is 0 Å². The van der Waals surface area contributed by atoms with Crippen LogP contribution < -0.4 is 14.2 Å². The predicted molar refractivity (Wildman–Crippen MR) is 81.6 cm³/mol. The van der Waals surface area contributed by atoms with E-state index in [9.17, 15) is 15.0 Å². The molecule has 0 radical (unpaired) electrons. The Morgan fingerprint density at radius 3 is 2.43 bits per heavy atom. The van der Waals surface area contributed by atoms with Crippen molar-refractivity contribution in [3.05, 3.63) is 41.5 Å². The number of aromatic hydroxyl groups is 2. The lowest BCUT2D eigenvalue weighted by Crippen LogP contribution is -2.20. The molecule has 0 saturated heterocycles. The minimum absolute atomic E-state index is 0.0150. The van der Waals surface area contributed by atoms with E-state index in [0.29, 0.717) is 22.6 Å². The first-order valence-electron chi connectivity index (χ1n) is 7.01. The maximum atomic E-state index is 12.4. The lowest BCUT2D eigenvalue weighted by molar-refractivity contribution is 0.0848. The minimum atomic E-state index is -0.516. The zero-order valence-corrected chi connectivity index (χ0v) is 12.7. The number of rotatable bonds is 3. The number of ketones is 1. The first kappa shape index (κ1) is 15.0. The molecule has 6 nitrogen and oxygen atoms in total. The molecular formula is C17H16O6. The summed E-state index contributed by atoms with van der Waals surface area (Å²) in [6.45, 7) is 0. The van der Waals surface area contributed by atoms with Gasteiger partial charge in [-0.15, -0.1) is 0 Å². The Balaban J connectivity index is 1.97. The van der Waals surface area contributed by atoms with Crippen LogP contribution in [0.15, 0.2) is 30.3 Å². The molecule has 2 N–H and O–H groups in total. The summed E-state index contributed by atoms with van der Waals surface area (Å²) in [5.74, 6) is 0.648. The van der Waals surface area contributed by atoms with Crippen LogP contribution in [0.3, 0.4) is 0 Å². The number of benzene rings is 2. The number of ether oxygens (including phenoxy) is 3. The van der Waals surface area contributed by atoms with Crippen molar-refractivity contribution in [1.29, 1.82) is 0 Å². The predicted octanol–water partition coefficient (Wildman–Crippen LogP) is 2.82. The van der Waals surface area contributed by atoms with Crippen molar-refractivity contribution in [2.45, 2.75) is 12.5 Å². The first-order valence-corrected chi connectivity index (χ1v) is 7.01. The average molecular weight is 316 g/mol. The Bertz CT molecular complexity index is 768. The summed E-state index contributed by atoms with van der Waals surface area (Å²) in [5.41, 5.74) is 1.08. The summed E-state index contributed by atoms with van der Waals surface area (Å²) in [5, 5.41) is 19.5. The number of hydrogen-bond acceptors (Lipinski definition) is 6. The number of Topliss-reactive ketones (excluding diaryl/α,β-unsaturated/α-hetero) is 1. The SMILES string of the molecule is COc1cc([C@@H]2CC(=O)c3cc(OC)c(O)cc3O2)ccc1O. The summed E-state index contributed by atoms with van der Waals surface area (Å²) in [6.07, 6.45) is -0.369. The van der Waals surface area contributed by atoms with Gasteiger partial charge in [-0.05, 0) is 23.8 Å². The van der Waals surface area contributed by atoms with Crippen LogP contribution in [0.2, 0.25) is 0 Å². The highest BCUT2D eigenvalue weighted by Crippen LogP contribution is 2.42. The highest BCUT2D eigenvalue weighted by Gasteiger charge is 2.29. The zero-order valence-electron chi connectivity index (χ0n) is 12.7. The third kappa shape index (κ3) is 2.63. The Morgan fingerprint density at radius 2 is 1.74 bits per heavy atom. The smallest absolute Gasteiger partial charge is 0.170 e. The van der Waals surface area contributed by atoms with Crippen LogP contribution >= 0.6 is 0 Å². The lowest BCUT2D eigenvalue weighted by atomic mass is 9.95. The van der Waals surface area contributed by atoms with E-state index >= 15 is 0 Å². The van der Waals surface area contributed by atoms with Crippen molar-refractivity contribution in [1.82, 2.24) is 0 Å². The Kier molecular flexibility index (Phi) is 3.73. The molecule has 2 aromatic rings. The average Bonchev–Trinajstić information content (AvgIpc) is 2.54. The molecule has 6 heteroatoms. The number of methoxy groups -OCH3 is 2. The molecule has 1 aliphatic heterocycles.